The number of rotatable bonds is 15. The lowest BCUT2D eigenvalue weighted by Crippen LogP contribution is -2.51. The maximum absolute atomic E-state index is 14.8. The van der Waals surface area contributed by atoms with E-state index in [-0.39, 0.29) is 31.9 Å². The molecule has 2 atom stereocenters. The number of carbonyl (C=O) groups is 4. The van der Waals surface area contributed by atoms with Crippen LogP contribution in [0.25, 0.3) is 0 Å². The second-order valence-electron chi connectivity index (χ2n) is 11.4. The minimum atomic E-state index is -1.04. The Balaban J connectivity index is 1.62. The first kappa shape index (κ1) is 36.0. The van der Waals surface area contributed by atoms with Crippen LogP contribution in [-0.4, -0.2) is 41.3 Å². The van der Waals surface area contributed by atoms with Crippen LogP contribution in [0.1, 0.15) is 59.5 Å². The molecule has 0 fully saturated rings. The van der Waals surface area contributed by atoms with E-state index in [1.54, 1.807) is 72.8 Å². The van der Waals surface area contributed by atoms with Crippen molar-refractivity contribution in [2.75, 3.05) is 6.54 Å². The normalized spacial score (nSPS) is 12.2. The zero-order chi connectivity index (χ0) is 34.6. The van der Waals surface area contributed by atoms with Crippen LogP contribution >= 0.6 is 23.2 Å². The van der Waals surface area contributed by atoms with Crippen molar-refractivity contribution >= 4 is 47.0 Å². The highest BCUT2D eigenvalue weighted by molar-refractivity contribution is 6.30. The summed E-state index contributed by atoms with van der Waals surface area (Å²) in [4.78, 5) is 53.3. The van der Waals surface area contributed by atoms with E-state index < -0.39 is 35.9 Å². The van der Waals surface area contributed by atoms with Gasteiger partial charge < -0.3 is 26.4 Å². The van der Waals surface area contributed by atoms with Crippen LogP contribution in [0.15, 0.2) is 103 Å². The summed E-state index contributed by atoms with van der Waals surface area (Å²) in [7, 11) is 0. The van der Waals surface area contributed by atoms with Gasteiger partial charge in [0.2, 0.25) is 17.7 Å². The molecule has 0 heterocycles. The Hall–Kier alpha value is -4.86. The molecule has 11 heteroatoms. The molecule has 0 unspecified atom stereocenters. The number of benzene rings is 4. The summed E-state index contributed by atoms with van der Waals surface area (Å²) >= 11 is 12.4. The van der Waals surface area contributed by atoms with Gasteiger partial charge in [0.05, 0.1) is 18.4 Å². The van der Waals surface area contributed by atoms with Crippen molar-refractivity contribution in [2.24, 2.45) is 11.5 Å². The van der Waals surface area contributed by atoms with E-state index in [1.165, 1.54) is 4.90 Å². The summed E-state index contributed by atoms with van der Waals surface area (Å²) in [5.41, 5.74) is 15.0. The van der Waals surface area contributed by atoms with Gasteiger partial charge in [-0.15, -0.1) is 0 Å². The van der Waals surface area contributed by atoms with Crippen molar-refractivity contribution in [3.63, 3.8) is 0 Å². The molecule has 0 spiro atoms. The fraction of sp³-hybridized carbons (Fsp3) is 0.243. The minimum Gasteiger partial charge on any atom is -0.445 e. The quantitative estimate of drug-likeness (QED) is 0.126. The Morgan fingerprint density at radius 2 is 1.29 bits per heavy atom. The van der Waals surface area contributed by atoms with Gasteiger partial charge in [-0.3, -0.25) is 14.4 Å². The zero-order valence-corrected chi connectivity index (χ0v) is 28.0. The molecular weight excluding hydrogens is 651 g/mol. The fourth-order valence-corrected chi connectivity index (χ4v) is 5.76. The van der Waals surface area contributed by atoms with Gasteiger partial charge in [0.25, 0.3) is 0 Å². The van der Waals surface area contributed by atoms with Gasteiger partial charge in [-0.05, 0) is 71.8 Å². The van der Waals surface area contributed by atoms with Crippen molar-refractivity contribution in [1.82, 2.24) is 10.2 Å². The van der Waals surface area contributed by atoms with Gasteiger partial charge in [-0.2, -0.15) is 0 Å². The summed E-state index contributed by atoms with van der Waals surface area (Å²) in [5.74, 6) is -2.36. The summed E-state index contributed by atoms with van der Waals surface area (Å²) in [6, 6.07) is 28.6. The SMILES string of the molecule is C[C@H](c1ccc(CC(N)=O)cc1)N(C(=O)C(c1ccc(Cl)cc1)c1ccc(Cl)cc1)[C@H](CCCNC(=O)OCc1ccccc1)C(N)=O. The number of ether oxygens (including phenoxy) is 1. The number of nitrogens with zero attached hydrogens (tertiary/aromatic N) is 1. The summed E-state index contributed by atoms with van der Waals surface area (Å²) in [6.07, 6.45) is -0.0402. The number of hydrogen-bond acceptors (Lipinski definition) is 5. The molecule has 0 aliphatic carbocycles. The number of amides is 4. The molecule has 250 valence electrons. The van der Waals surface area contributed by atoms with Crippen LogP contribution in [0.2, 0.25) is 10.0 Å². The number of primary amides is 2. The third kappa shape index (κ3) is 10.1. The van der Waals surface area contributed by atoms with Crippen LogP contribution in [-0.2, 0) is 32.1 Å². The van der Waals surface area contributed by atoms with E-state index in [2.05, 4.69) is 5.32 Å². The number of nitrogens with one attached hydrogen (secondary N) is 1. The molecule has 4 aromatic rings. The minimum absolute atomic E-state index is 0.0667. The monoisotopic (exact) mass is 688 g/mol. The van der Waals surface area contributed by atoms with Crippen LogP contribution in [0.5, 0.6) is 0 Å². The van der Waals surface area contributed by atoms with Gasteiger partial charge in [-0.1, -0.05) is 102 Å². The van der Waals surface area contributed by atoms with E-state index in [1.807, 2.05) is 37.3 Å². The first-order valence-electron chi connectivity index (χ1n) is 15.5. The highest BCUT2D eigenvalue weighted by atomic mass is 35.5. The first-order chi connectivity index (χ1) is 23.0. The molecule has 0 aliphatic heterocycles. The van der Waals surface area contributed by atoms with E-state index >= 15 is 0 Å². The highest BCUT2D eigenvalue weighted by Crippen LogP contribution is 2.34. The van der Waals surface area contributed by atoms with E-state index in [4.69, 9.17) is 39.4 Å². The van der Waals surface area contributed by atoms with Crippen LogP contribution in [0.3, 0.4) is 0 Å². The molecule has 4 aromatic carbocycles. The van der Waals surface area contributed by atoms with E-state index in [0.29, 0.717) is 33.2 Å². The van der Waals surface area contributed by atoms with Crippen molar-refractivity contribution in [1.29, 1.82) is 0 Å². The number of halogens is 2. The van der Waals surface area contributed by atoms with Gasteiger partial charge in [0.15, 0.2) is 0 Å². The van der Waals surface area contributed by atoms with Crippen molar-refractivity contribution in [3.8, 4) is 0 Å². The third-order valence-electron chi connectivity index (χ3n) is 7.97. The number of alkyl carbamates (subject to hydrolysis) is 1. The molecule has 0 aromatic heterocycles. The molecule has 0 saturated heterocycles. The zero-order valence-electron chi connectivity index (χ0n) is 26.5. The molecule has 0 saturated carbocycles. The molecule has 4 amide bonds. The average Bonchev–Trinajstić information content (AvgIpc) is 3.07. The Kier molecular flexibility index (Phi) is 13.0. The van der Waals surface area contributed by atoms with Gasteiger partial charge in [0, 0.05) is 16.6 Å². The fourth-order valence-electron chi connectivity index (χ4n) is 5.51. The van der Waals surface area contributed by atoms with Gasteiger partial charge >= 0.3 is 6.09 Å². The highest BCUT2D eigenvalue weighted by Gasteiger charge is 2.37. The first-order valence-corrected chi connectivity index (χ1v) is 16.2. The van der Waals surface area contributed by atoms with Crippen molar-refractivity contribution < 1.29 is 23.9 Å². The molecule has 0 radical (unpaired) electrons. The maximum atomic E-state index is 14.8. The lowest BCUT2D eigenvalue weighted by atomic mass is 9.88. The Morgan fingerprint density at radius 3 is 1.81 bits per heavy atom. The topological polar surface area (TPSA) is 145 Å². The predicted molar refractivity (Wildman–Crippen MR) is 186 cm³/mol. The standard InChI is InChI=1S/C37H38Cl2N4O5/c1-24(27-11-9-25(10-12-27)22-33(40)44)43(32(35(41)45)8-5-21-42-37(47)48-23-26-6-3-2-4-7-26)36(46)34(28-13-17-30(38)18-14-28)29-15-19-31(39)20-16-29/h2-4,6-7,9-20,24,32,34H,5,8,21-23H2,1H3,(H2,40,44)(H2,41,45)(H,42,47)/t24-,32-/m1/s1. The van der Waals surface area contributed by atoms with Crippen LogP contribution in [0.4, 0.5) is 4.79 Å². The molecular formula is C37H38Cl2N4O5. The average molecular weight is 690 g/mol. The van der Waals surface area contributed by atoms with Crippen LogP contribution in [0, 0.1) is 0 Å². The predicted octanol–water partition coefficient (Wildman–Crippen LogP) is 6.30. The second-order valence-corrected chi connectivity index (χ2v) is 12.3. The number of nitrogens with two attached hydrogens (primary N) is 2. The van der Waals surface area contributed by atoms with Crippen LogP contribution < -0.4 is 16.8 Å². The molecule has 5 N–H and O–H groups in total. The third-order valence-corrected chi connectivity index (χ3v) is 8.47. The Labute approximate surface area is 290 Å². The Morgan fingerprint density at radius 1 is 0.750 bits per heavy atom. The summed E-state index contributed by atoms with van der Waals surface area (Å²) < 4.78 is 5.29. The number of carbonyl (C=O) groups excluding carboxylic acids is 4. The van der Waals surface area contributed by atoms with Crippen molar-refractivity contribution in [3.05, 3.63) is 141 Å². The number of hydrogen-bond donors (Lipinski definition) is 3. The van der Waals surface area contributed by atoms with Gasteiger partial charge in [-0.25, -0.2) is 4.79 Å². The van der Waals surface area contributed by atoms with E-state index in [0.717, 1.165) is 11.1 Å². The molecule has 48 heavy (non-hydrogen) atoms. The molecule has 0 aliphatic rings. The second kappa shape index (κ2) is 17.3. The Bertz CT molecular complexity index is 1640. The smallest absolute Gasteiger partial charge is 0.407 e. The lowest BCUT2D eigenvalue weighted by molar-refractivity contribution is -0.142. The van der Waals surface area contributed by atoms with Crippen molar-refractivity contribution in [2.45, 2.75) is 50.8 Å². The maximum Gasteiger partial charge on any atom is 0.407 e. The molecule has 0 bridgehead atoms. The van der Waals surface area contributed by atoms with Gasteiger partial charge in [0.1, 0.15) is 12.6 Å². The summed E-state index contributed by atoms with van der Waals surface area (Å²) in [6.45, 7) is 2.12. The molecule has 4 rings (SSSR count). The van der Waals surface area contributed by atoms with E-state index in [9.17, 15) is 19.2 Å². The lowest BCUT2D eigenvalue weighted by Gasteiger charge is -2.38. The largest absolute Gasteiger partial charge is 0.445 e. The summed E-state index contributed by atoms with van der Waals surface area (Å²) in [5, 5.41) is 3.72. The molecule has 9 nitrogen and oxygen atoms in total.